The Morgan fingerprint density at radius 3 is 2.71 bits per heavy atom. The molecule has 0 amide bonds. The minimum atomic E-state index is 0.829. The summed E-state index contributed by atoms with van der Waals surface area (Å²) >= 11 is 9.61. The van der Waals surface area contributed by atoms with Gasteiger partial charge in [0, 0.05) is 30.7 Å². The lowest BCUT2D eigenvalue weighted by molar-refractivity contribution is 0.589. The third kappa shape index (κ3) is 2.22. The minimum Gasteiger partial charge on any atom is -0.368 e. The van der Waals surface area contributed by atoms with Crippen LogP contribution in [0.1, 0.15) is 0 Å². The quantitative estimate of drug-likeness (QED) is 0.847. The van der Waals surface area contributed by atoms with Crippen LogP contribution >= 0.6 is 27.5 Å². The molecular formula is C10H12BrClN2. The van der Waals surface area contributed by atoms with Gasteiger partial charge in [-0.1, -0.05) is 27.5 Å². The second-order valence-corrected chi connectivity index (χ2v) is 4.66. The van der Waals surface area contributed by atoms with Crippen LogP contribution < -0.4 is 10.2 Å². The monoisotopic (exact) mass is 274 g/mol. The van der Waals surface area contributed by atoms with Crippen LogP contribution in [0.5, 0.6) is 0 Å². The molecular weight excluding hydrogens is 263 g/mol. The second-order valence-electron chi connectivity index (χ2n) is 3.33. The fourth-order valence-electron chi connectivity index (χ4n) is 1.63. The molecule has 1 aromatic rings. The number of nitrogens with one attached hydrogen (secondary N) is 1. The van der Waals surface area contributed by atoms with Gasteiger partial charge in [0.05, 0.1) is 10.7 Å². The third-order valence-corrected chi connectivity index (χ3v) is 3.18. The predicted octanol–water partition coefficient (Wildman–Crippen LogP) is 2.51. The number of piperazine rings is 1. The Hall–Kier alpha value is -0.250. The van der Waals surface area contributed by atoms with Crippen molar-refractivity contribution in [1.29, 1.82) is 0 Å². The maximum Gasteiger partial charge on any atom is 0.0640 e. The van der Waals surface area contributed by atoms with Gasteiger partial charge in [0.15, 0.2) is 0 Å². The summed E-state index contributed by atoms with van der Waals surface area (Å²) in [6.45, 7) is 4.11. The molecule has 0 radical (unpaired) electrons. The highest BCUT2D eigenvalue weighted by atomic mass is 79.9. The Morgan fingerprint density at radius 2 is 2.00 bits per heavy atom. The van der Waals surface area contributed by atoms with Crippen molar-refractivity contribution in [1.82, 2.24) is 5.32 Å². The molecule has 0 atom stereocenters. The van der Waals surface area contributed by atoms with Crippen LogP contribution in [0, 0.1) is 0 Å². The van der Waals surface area contributed by atoms with E-state index < -0.39 is 0 Å². The summed E-state index contributed by atoms with van der Waals surface area (Å²) in [5.74, 6) is 0. The Balaban J connectivity index is 2.24. The SMILES string of the molecule is Clc1ccc(Br)cc1N1CCNCC1. The summed E-state index contributed by atoms with van der Waals surface area (Å²) in [6, 6.07) is 5.98. The van der Waals surface area contributed by atoms with Gasteiger partial charge >= 0.3 is 0 Å². The maximum absolute atomic E-state index is 6.15. The van der Waals surface area contributed by atoms with Crippen LogP contribution in [0.2, 0.25) is 5.02 Å². The van der Waals surface area contributed by atoms with Gasteiger partial charge in [0.2, 0.25) is 0 Å². The molecule has 2 rings (SSSR count). The van der Waals surface area contributed by atoms with Crippen LogP contribution in [-0.2, 0) is 0 Å². The lowest BCUT2D eigenvalue weighted by atomic mass is 10.2. The van der Waals surface area contributed by atoms with Crippen LogP contribution in [-0.4, -0.2) is 26.2 Å². The average Bonchev–Trinajstić information content (AvgIpc) is 2.23. The standard InChI is InChI=1S/C10H12BrClN2/c11-8-1-2-9(12)10(7-8)14-5-3-13-4-6-14/h1-2,7,13H,3-6H2. The van der Waals surface area contributed by atoms with E-state index in [1.165, 1.54) is 0 Å². The van der Waals surface area contributed by atoms with E-state index in [2.05, 4.69) is 32.2 Å². The van der Waals surface area contributed by atoms with Crippen molar-refractivity contribution in [2.24, 2.45) is 0 Å². The molecule has 0 bridgehead atoms. The Morgan fingerprint density at radius 1 is 1.29 bits per heavy atom. The normalized spacial score (nSPS) is 17.1. The van der Waals surface area contributed by atoms with E-state index in [4.69, 9.17) is 11.6 Å². The van der Waals surface area contributed by atoms with Gasteiger partial charge in [-0.25, -0.2) is 0 Å². The van der Waals surface area contributed by atoms with E-state index in [1.54, 1.807) is 0 Å². The number of anilines is 1. The summed E-state index contributed by atoms with van der Waals surface area (Å²) in [5.41, 5.74) is 1.13. The van der Waals surface area contributed by atoms with Crippen LogP contribution in [0.3, 0.4) is 0 Å². The van der Waals surface area contributed by atoms with Crippen molar-refractivity contribution in [3.8, 4) is 0 Å². The molecule has 76 valence electrons. The molecule has 1 aliphatic heterocycles. The van der Waals surface area contributed by atoms with E-state index in [1.807, 2.05) is 12.1 Å². The van der Waals surface area contributed by atoms with Crippen molar-refractivity contribution in [2.45, 2.75) is 0 Å². The van der Waals surface area contributed by atoms with Crippen molar-refractivity contribution < 1.29 is 0 Å². The van der Waals surface area contributed by atoms with Gasteiger partial charge in [-0.3, -0.25) is 0 Å². The smallest absolute Gasteiger partial charge is 0.0640 e. The number of hydrogen-bond acceptors (Lipinski definition) is 2. The first-order valence-corrected chi connectivity index (χ1v) is 5.85. The molecule has 0 aliphatic carbocycles. The molecule has 1 heterocycles. The van der Waals surface area contributed by atoms with Crippen LogP contribution in [0.25, 0.3) is 0 Å². The highest BCUT2D eigenvalue weighted by Crippen LogP contribution is 2.29. The largest absolute Gasteiger partial charge is 0.368 e. The number of halogens is 2. The maximum atomic E-state index is 6.15. The van der Waals surface area contributed by atoms with Gasteiger partial charge in [-0.15, -0.1) is 0 Å². The predicted molar refractivity (Wildman–Crippen MR) is 64.2 cm³/mol. The molecule has 2 nitrogen and oxygen atoms in total. The van der Waals surface area contributed by atoms with E-state index in [0.717, 1.165) is 41.4 Å². The molecule has 1 aromatic carbocycles. The first-order valence-electron chi connectivity index (χ1n) is 4.68. The lowest BCUT2D eigenvalue weighted by Gasteiger charge is -2.30. The molecule has 0 spiro atoms. The molecule has 1 fully saturated rings. The molecule has 0 saturated carbocycles. The van der Waals surface area contributed by atoms with Crippen molar-refractivity contribution in [2.75, 3.05) is 31.1 Å². The highest BCUT2D eigenvalue weighted by Gasteiger charge is 2.13. The minimum absolute atomic E-state index is 0.829. The van der Waals surface area contributed by atoms with Crippen molar-refractivity contribution >= 4 is 33.2 Å². The zero-order chi connectivity index (χ0) is 9.97. The van der Waals surface area contributed by atoms with Gasteiger partial charge < -0.3 is 10.2 Å². The zero-order valence-electron chi connectivity index (χ0n) is 7.76. The Bertz CT molecular complexity index is 324. The first-order chi connectivity index (χ1) is 6.77. The highest BCUT2D eigenvalue weighted by molar-refractivity contribution is 9.10. The first kappa shape index (κ1) is 10.3. The average molecular weight is 276 g/mol. The fraction of sp³-hybridized carbons (Fsp3) is 0.400. The molecule has 0 aromatic heterocycles. The number of rotatable bonds is 1. The fourth-order valence-corrected chi connectivity index (χ4v) is 2.22. The zero-order valence-corrected chi connectivity index (χ0v) is 10.1. The topological polar surface area (TPSA) is 15.3 Å². The molecule has 1 N–H and O–H groups in total. The summed E-state index contributed by atoms with van der Waals surface area (Å²) in [5, 5.41) is 4.15. The molecule has 1 saturated heterocycles. The Labute approximate surface area is 97.4 Å². The van der Waals surface area contributed by atoms with Gasteiger partial charge in [0.25, 0.3) is 0 Å². The molecule has 0 unspecified atom stereocenters. The van der Waals surface area contributed by atoms with E-state index in [-0.39, 0.29) is 0 Å². The number of benzene rings is 1. The second kappa shape index (κ2) is 4.51. The molecule has 4 heteroatoms. The summed E-state index contributed by atoms with van der Waals surface area (Å²) < 4.78 is 1.08. The van der Waals surface area contributed by atoms with E-state index in [9.17, 15) is 0 Å². The van der Waals surface area contributed by atoms with Gasteiger partial charge in [-0.2, -0.15) is 0 Å². The molecule has 14 heavy (non-hydrogen) atoms. The van der Waals surface area contributed by atoms with Crippen LogP contribution in [0.4, 0.5) is 5.69 Å². The summed E-state index contributed by atoms with van der Waals surface area (Å²) in [4.78, 5) is 2.31. The van der Waals surface area contributed by atoms with E-state index >= 15 is 0 Å². The van der Waals surface area contributed by atoms with Gasteiger partial charge in [-0.05, 0) is 18.2 Å². The van der Waals surface area contributed by atoms with Crippen molar-refractivity contribution in [3.05, 3.63) is 27.7 Å². The van der Waals surface area contributed by atoms with Crippen LogP contribution in [0.15, 0.2) is 22.7 Å². The Kier molecular flexibility index (Phi) is 3.31. The number of nitrogens with zero attached hydrogens (tertiary/aromatic N) is 1. The van der Waals surface area contributed by atoms with Gasteiger partial charge in [0.1, 0.15) is 0 Å². The summed E-state index contributed by atoms with van der Waals surface area (Å²) in [7, 11) is 0. The lowest BCUT2D eigenvalue weighted by Crippen LogP contribution is -2.43. The third-order valence-electron chi connectivity index (χ3n) is 2.37. The number of hydrogen-bond donors (Lipinski definition) is 1. The van der Waals surface area contributed by atoms with Crippen molar-refractivity contribution in [3.63, 3.8) is 0 Å². The molecule has 1 aliphatic rings. The summed E-state index contributed by atoms with van der Waals surface area (Å²) in [6.07, 6.45) is 0. The van der Waals surface area contributed by atoms with E-state index in [0.29, 0.717) is 0 Å².